The Labute approximate surface area is 87.9 Å². The average molecular weight is 216 g/mol. The zero-order valence-electron chi connectivity index (χ0n) is 8.64. The van der Waals surface area contributed by atoms with E-state index in [1.54, 1.807) is 7.05 Å². The summed E-state index contributed by atoms with van der Waals surface area (Å²) in [5.74, 6) is -1.71. The Kier molecular flexibility index (Phi) is 4.05. The normalized spacial score (nSPS) is 27.5. The Bertz CT molecular complexity index is 232. The number of rotatable bonds is 4. The van der Waals surface area contributed by atoms with Gasteiger partial charge in [0.1, 0.15) is 0 Å². The summed E-state index contributed by atoms with van der Waals surface area (Å²) in [6.45, 7) is 1.19. The van der Waals surface area contributed by atoms with Gasteiger partial charge in [0.25, 0.3) is 0 Å². The van der Waals surface area contributed by atoms with E-state index in [2.05, 4.69) is 5.32 Å². The van der Waals surface area contributed by atoms with E-state index in [0.717, 1.165) is 0 Å². The molecule has 86 valence electrons. The van der Waals surface area contributed by atoms with Gasteiger partial charge in [-0.1, -0.05) is 0 Å². The van der Waals surface area contributed by atoms with Crippen LogP contribution in [0.2, 0.25) is 0 Å². The Balaban J connectivity index is 2.54. The first kappa shape index (κ1) is 11.9. The number of nitrogens with one attached hydrogen (secondary N) is 1. The molecule has 0 aromatic rings. The third-order valence-corrected chi connectivity index (χ3v) is 2.73. The van der Waals surface area contributed by atoms with Crippen LogP contribution >= 0.6 is 0 Å². The largest absolute Gasteiger partial charge is 0.481 e. The Hall–Kier alpha value is -1.14. The molecule has 0 amide bonds. The number of carboxylic acids is 2. The molecule has 1 saturated heterocycles. The first-order valence-corrected chi connectivity index (χ1v) is 4.87. The number of hydrogen-bond donors (Lipinski definition) is 3. The van der Waals surface area contributed by atoms with Crippen LogP contribution in [-0.2, 0) is 9.59 Å². The number of piperazine rings is 1. The van der Waals surface area contributed by atoms with Crippen molar-refractivity contribution in [3.8, 4) is 0 Å². The number of aliphatic carboxylic acids is 2. The molecule has 1 heterocycles. The molecule has 2 unspecified atom stereocenters. The maximum atomic E-state index is 10.6. The van der Waals surface area contributed by atoms with Crippen molar-refractivity contribution in [3.63, 3.8) is 0 Å². The highest BCUT2D eigenvalue weighted by Gasteiger charge is 2.29. The summed E-state index contributed by atoms with van der Waals surface area (Å²) < 4.78 is 0. The highest BCUT2D eigenvalue weighted by Crippen LogP contribution is 2.13. The van der Waals surface area contributed by atoms with Crippen molar-refractivity contribution in [2.75, 3.05) is 20.1 Å². The quantitative estimate of drug-likeness (QED) is 0.570. The maximum Gasteiger partial charge on any atom is 0.304 e. The lowest BCUT2D eigenvalue weighted by Crippen LogP contribution is -2.56. The van der Waals surface area contributed by atoms with Crippen LogP contribution < -0.4 is 5.32 Å². The standard InChI is InChI=1S/C9H16N2O4/c1-11-6(2-8(12)13)4-10-5-7(11)3-9(14)15/h6-7,10H,2-5H2,1H3,(H,12,13)(H,14,15). The van der Waals surface area contributed by atoms with Gasteiger partial charge in [0, 0.05) is 25.2 Å². The van der Waals surface area contributed by atoms with Crippen molar-refractivity contribution in [1.82, 2.24) is 10.2 Å². The Morgan fingerprint density at radius 1 is 1.20 bits per heavy atom. The molecular formula is C9H16N2O4. The average Bonchev–Trinajstić information content (AvgIpc) is 2.10. The van der Waals surface area contributed by atoms with E-state index in [9.17, 15) is 9.59 Å². The van der Waals surface area contributed by atoms with Crippen molar-refractivity contribution in [2.24, 2.45) is 0 Å². The fraction of sp³-hybridized carbons (Fsp3) is 0.778. The van der Waals surface area contributed by atoms with Crippen LogP contribution in [-0.4, -0.2) is 59.3 Å². The number of carboxylic acid groups (broad SMARTS) is 2. The minimum Gasteiger partial charge on any atom is -0.481 e. The molecule has 3 N–H and O–H groups in total. The predicted molar refractivity (Wildman–Crippen MR) is 52.7 cm³/mol. The predicted octanol–water partition coefficient (Wildman–Crippen LogP) is -0.792. The highest BCUT2D eigenvalue weighted by molar-refractivity contribution is 5.68. The van der Waals surface area contributed by atoms with E-state index < -0.39 is 11.9 Å². The SMILES string of the molecule is CN1C(CC(=O)O)CNCC1CC(=O)O. The van der Waals surface area contributed by atoms with E-state index in [4.69, 9.17) is 10.2 Å². The van der Waals surface area contributed by atoms with Gasteiger partial charge in [-0.05, 0) is 7.05 Å². The number of likely N-dealkylation sites (N-methyl/N-ethyl adjacent to an activating group) is 1. The molecule has 15 heavy (non-hydrogen) atoms. The molecule has 0 aliphatic carbocycles. The second-order valence-electron chi connectivity index (χ2n) is 3.83. The van der Waals surface area contributed by atoms with E-state index in [0.29, 0.717) is 13.1 Å². The van der Waals surface area contributed by atoms with Gasteiger partial charge in [0.05, 0.1) is 12.8 Å². The minimum absolute atomic E-state index is 0.0413. The summed E-state index contributed by atoms with van der Waals surface area (Å²) in [5.41, 5.74) is 0. The van der Waals surface area contributed by atoms with Crippen LogP contribution in [0.3, 0.4) is 0 Å². The first-order valence-electron chi connectivity index (χ1n) is 4.87. The van der Waals surface area contributed by atoms with Crippen molar-refractivity contribution >= 4 is 11.9 Å². The second-order valence-corrected chi connectivity index (χ2v) is 3.83. The van der Waals surface area contributed by atoms with Crippen molar-refractivity contribution in [1.29, 1.82) is 0 Å². The molecule has 0 bridgehead atoms. The van der Waals surface area contributed by atoms with Gasteiger partial charge in [0.2, 0.25) is 0 Å². The minimum atomic E-state index is -0.857. The van der Waals surface area contributed by atoms with Gasteiger partial charge in [-0.15, -0.1) is 0 Å². The Morgan fingerprint density at radius 3 is 1.93 bits per heavy atom. The van der Waals surface area contributed by atoms with Crippen molar-refractivity contribution < 1.29 is 19.8 Å². The molecule has 1 fully saturated rings. The third-order valence-electron chi connectivity index (χ3n) is 2.73. The third kappa shape index (κ3) is 3.49. The molecule has 6 nitrogen and oxygen atoms in total. The van der Waals surface area contributed by atoms with E-state index in [-0.39, 0.29) is 24.9 Å². The zero-order valence-corrected chi connectivity index (χ0v) is 8.64. The van der Waals surface area contributed by atoms with Crippen molar-refractivity contribution in [3.05, 3.63) is 0 Å². The van der Waals surface area contributed by atoms with Gasteiger partial charge in [-0.25, -0.2) is 0 Å². The van der Waals surface area contributed by atoms with E-state index in [1.165, 1.54) is 0 Å². The molecule has 1 aliphatic heterocycles. The Morgan fingerprint density at radius 2 is 1.60 bits per heavy atom. The number of nitrogens with zero attached hydrogens (tertiary/aromatic N) is 1. The molecule has 1 aliphatic rings. The molecule has 1 rings (SSSR count). The van der Waals surface area contributed by atoms with Crippen LogP contribution in [0.25, 0.3) is 0 Å². The maximum absolute atomic E-state index is 10.6. The van der Waals surface area contributed by atoms with Gasteiger partial charge in [-0.2, -0.15) is 0 Å². The topological polar surface area (TPSA) is 89.9 Å². The molecule has 0 radical (unpaired) electrons. The van der Waals surface area contributed by atoms with Crippen LogP contribution in [0.15, 0.2) is 0 Å². The molecule has 2 atom stereocenters. The monoisotopic (exact) mass is 216 g/mol. The summed E-state index contributed by atoms with van der Waals surface area (Å²) in [6.07, 6.45) is 0.0826. The van der Waals surface area contributed by atoms with Gasteiger partial charge in [-0.3, -0.25) is 14.5 Å². The number of carbonyl (C=O) groups is 2. The molecule has 0 saturated carbocycles. The summed E-state index contributed by atoms with van der Waals surface area (Å²) in [7, 11) is 1.78. The lowest BCUT2D eigenvalue weighted by molar-refractivity contribution is -0.139. The lowest BCUT2D eigenvalue weighted by Gasteiger charge is -2.38. The van der Waals surface area contributed by atoms with Crippen LogP contribution in [0.1, 0.15) is 12.8 Å². The molecule has 0 aromatic carbocycles. The number of hydrogen-bond acceptors (Lipinski definition) is 4. The summed E-state index contributed by atoms with van der Waals surface area (Å²) in [5, 5.41) is 20.4. The zero-order chi connectivity index (χ0) is 11.4. The first-order chi connectivity index (χ1) is 7.00. The van der Waals surface area contributed by atoms with Crippen molar-refractivity contribution in [2.45, 2.75) is 24.9 Å². The van der Waals surface area contributed by atoms with Gasteiger partial charge < -0.3 is 15.5 Å². The molecule has 0 spiro atoms. The van der Waals surface area contributed by atoms with Gasteiger partial charge >= 0.3 is 11.9 Å². The summed E-state index contributed by atoms with van der Waals surface area (Å²) >= 11 is 0. The second kappa shape index (κ2) is 5.09. The van der Waals surface area contributed by atoms with E-state index >= 15 is 0 Å². The molecule has 0 aromatic heterocycles. The fourth-order valence-corrected chi connectivity index (χ4v) is 1.84. The summed E-state index contributed by atoms with van der Waals surface area (Å²) in [4.78, 5) is 23.0. The van der Waals surface area contributed by atoms with E-state index in [1.807, 2.05) is 4.90 Å². The van der Waals surface area contributed by atoms with Gasteiger partial charge in [0.15, 0.2) is 0 Å². The smallest absolute Gasteiger partial charge is 0.304 e. The van der Waals surface area contributed by atoms with Crippen LogP contribution in [0, 0.1) is 0 Å². The van der Waals surface area contributed by atoms with Crippen LogP contribution in [0.4, 0.5) is 0 Å². The lowest BCUT2D eigenvalue weighted by atomic mass is 10.0. The molecule has 6 heteroatoms. The fourth-order valence-electron chi connectivity index (χ4n) is 1.84. The van der Waals surface area contributed by atoms with Crippen LogP contribution in [0.5, 0.6) is 0 Å². The highest BCUT2D eigenvalue weighted by atomic mass is 16.4. The summed E-state index contributed by atoms with van der Waals surface area (Å²) in [6, 6.07) is -0.249. The molecular weight excluding hydrogens is 200 g/mol.